The number of aromatic nitrogens is 2. The van der Waals surface area contributed by atoms with Crippen LogP contribution in [0.1, 0.15) is 16.7 Å². The second-order valence-corrected chi connectivity index (χ2v) is 6.91. The van der Waals surface area contributed by atoms with E-state index in [1.165, 1.54) is 5.56 Å². The van der Waals surface area contributed by atoms with Gasteiger partial charge in [0.25, 0.3) is 0 Å². The van der Waals surface area contributed by atoms with Crippen LogP contribution in [0.4, 0.5) is 0 Å². The molecule has 1 N–H and O–H groups in total. The largest absolute Gasteiger partial charge is 0.487 e. The molecule has 130 valence electrons. The molecular formula is C21H16Cl2N2O. The highest BCUT2D eigenvalue weighted by molar-refractivity contribution is 6.32. The highest BCUT2D eigenvalue weighted by Gasteiger charge is 2.08. The summed E-state index contributed by atoms with van der Waals surface area (Å²) in [6.07, 6.45) is 4.56. The van der Waals surface area contributed by atoms with Crippen LogP contribution in [0, 0.1) is 0 Å². The standard InChI is InChI=1S/C21H16Cl2N2O/c22-17-6-3-14(4-7-17)13-26-20-8-5-15(11-19(20)23)10-16-12-25-21-18(16)2-1-9-24-21/h1-9,11-12H,10,13H2,(H,24,25). The summed E-state index contributed by atoms with van der Waals surface area (Å²) in [5, 5.41) is 2.45. The topological polar surface area (TPSA) is 37.9 Å². The van der Waals surface area contributed by atoms with Gasteiger partial charge in [0.2, 0.25) is 0 Å². The van der Waals surface area contributed by atoms with Gasteiger partial charge in [0.05, 0.1) is 5.02 Å². The zero-order chi connectivity index (χ0) is 17.9. The second kappa shape index (κ2) is 7.40. The quantitative estimate of drug-likeness (QED) is 0.456. The third-order valence-corrected chi connectivity index (χ3v) is 4.78. The Labute approximate surface area is 161 Å². The number of ether oxygens (including phenoxy) is 1. The van der Waals surface area contributed by atoms with Gasteiger partial charge in [-0.15, -0.1) is 0 Å². The van der Waals surface area contributed by atoms with Crippen molar-refractivity contribution in [3.8, 4) is 5.75 Å². The SMILES string of the molecule is Clc1ccc(COc2ccc(Cc3c[nH]c4ncccc34)cc2Cl)cc1. The molecule has 0 aliphatic carbocycles. The van der Waals surface area contributed by atoms with E-state index in [9.17, 15) is 0 Å². The maximum Gasteiger partial charge on any atom is 0.138 e. The van der Waals surface area contributed by atoms with Crippen LogP contribution in [-0.2, 0) is 13.0 Å². The van der Waals surface area contributed by atoms with E-state index in [0.717, 1.165) is 28.6 Å². The number of rotatable bonds is 5. The number of nitrogens with one attached hydrogen (secondary N) is 1. The van der Waals surface area contributed by atoms with Gasteiger partial charge in [-0.1, -0.05) is 41.4 Å². The molecule has 0 aliphatic heterocycles. The molecule has 0 saturated carbocycles. The van der Waals surface area contributed by atoms with Crippen LogP contribution in [0.3, 0.4) is 0 Å². The molecule has 0 bridgehead atoms. The molecule has 4 aromatic rings. The molecule has 0 saturated heterocycles. The van der Waals surface area contributed by atoms with Crippen LogP contribution in [0.2, 0.25) is 10.0 Å². The maximum atomic E-state index is 6.41. The van der Waals surface area contributed by atoms with E-state index < -0.39 is 0 Å². The first kappa shape index (κ1) is 17.0. The Bertz CT molecular complexity index is 1040. The van der Waals surface area contributed by atoms with E-state index in [4.69, 9.17) is 27.9 Å². The molecule has 2 heterocycles. The highest BCUT2D eigenvalue weighted by Crippen LogP contribution is 2.28. The van der Waals surface area contributed by atoms with Crippen LogP contribution in [0.5, 0.6) is 5.75 Å². The van der Waals surface area contributed by atoms with Crippen molar-refractivity contribution in [2.75, 3.05) is 0 Å². The van der Waals surface area contributed by atoms with Gasteiger partial charge in [0.15, 0.2) is 0 Å². The van der Waals surface area contributed by atoms with Gasteiger partial charge in [0, 0.05) is 22.8 Å². The summed E-state index contributed by atoms with van der Waals surface area (Å²) in [4.78, 5) is 7.52. The van der Waals surface area contributed by atoms with Crippen molar-refractivity contribution in [3.63, 3.8) is 0 Å². The molecular weight excluding hydrogens is 367 g/mol. The van der Waals surface area contributed by atoms with Crippen molar-refractivity contribution < 1.29 is 4.74 Å². The molecule has 2 aromatic carbocycles. The fraction of sp³-hybridized carbons (Fsp3) is 0.0952. The molecule has 0 radical (unpaired) electrons. The van der Waals surface area contributed by atoms with E-state index in [1.807, 2.05) is 54.7 Å². The predicted molar refractivity (Wildman–Crippen MR) is 106 cm³/mol. The van der Waals surface area contributed by atoms with Gasteiger partial charge in [-0.2, -0.15) is 0 Å². The Morgan fingerprint density at radius 3 is 2.58 bits per heavy atom. The molecule has 0 unspecified atom stereocenters. The summed E-state index contributed by atoms with van der Waals surface area (Å²) >= 11 is 12.3. The zero-order valence-electron chi connectivity index (χ0n) is 13.9. The Hall–Kier alpha value is -2.49. The van der Waals surface area contributed by atoms with E-state index in [1.54, 1.807) is 6.20 Å². The molecule has 0 spiro atoms. The Morgan fingerprint density at radius 1 is 0.962 bits per heavy atom. The first-order valence-electron chi connectivity index (χ1n) is 8.26. The summed E-state index contributed by atoms with van der Waals surface area (Å²) in [6.45, 7) is 0.449. The highest BCUT2D eigenvalue weighted by atomic mass is 35.5. The average molecular weight is 383 g/mol. The third-order valence-electron chi connectivity index (χ3n) is 4.24. The maximum absolute atomic E-state index is 6.41. The molecule has 0 amide bonds. The average Bonchev–Trinajstić information content (AvgIpc) is 3.06. The van der Waals surface area contributed by atoms with Crippen molar-refractivity contribution in [1.29, 1.82) is 0 Å². The number of nitrogens with zero attached hydrogens (tertiary/aromatic N) is 1. The second-order valence-electron chi connectivity index (χ2n) is 6.07. The summed E-state index contributed by atoms with van der Waals surface area (Å²) in [5.74, 6) is 0.672. The lowest BCUT2D eigenvalue weighted by molar-refractivity contribution is 0.306. The lowest BCUT2D eigenvalue weighted by Crippen LogP contribution is -1.96. The number of benzene rings is 2. The minimum absolute atomic E-state index is 0.449. The van der Waals surface area contributed by atoms with Crippen LogP contribution in [-0.4, -0.2) is 9.97 Å². The summed E-state index contributed by atoms with van der Waals surface area (Å²) < 4.78 is 5.83. The fourth-order valence-corrected chi connectivity index (χ4v) is 3.28. The normalized spacial score (nSPS) is 11.0. The molecule has 0 aliphatic rings. The smallest absolute Gasteiger partial charge is 0.138 e. The monoisotopic (exact) mass is 382 g/mol. The third kappa shape index (κ3) is 3.69. The predicted octanol–water partition coefficient (Wildman–Crippen LogP) is 6.04. The molecule has 2 aromatic heterocycles. The number of H-pyrrole nitrogens is 1. The van der Waals surface area contributed by atoms with Gasteiger partial charge < -0.3 is 9.72 Å². The van der Waals surface area contributed by atoms with Gasteiger partial charge in [-0.25, -0.2) is 4.98 Å². The van der Waals surface area contributed by atoms with E-state index >= 15 is 0 Å². The van der Waals surface area contributed by atoms with Crippen LogP contribution < -0.4 is 4.74 Å². The number of hydrogen-bond acceptors (Lipinski definition) is 2. The van der Waals surface area contributed by atoms with Crippen molar-refractivity contribution in [2.45, 2.75) is 13.0 Å². The molecule has 5 heteroatoms. The molecule has 0 atom stereocenters. The number of pyridine rings is 1. The van der Waals surface area contributed by atoms with Gasteiger partial charge in [-0.3, -0.25) is 0 Å². The molecule has 3 nitrogen and oxygen atoms in total. The van der Waals surface area contributed by atoms with Gasteiger partial charge in [0.1, 0.15) is 18.0 Å². The Kier molecular flexibility index (Phi) is 4.83. The molecule has 26 heavy (non-hydrogen) atoms. The van der Waals surface area contributed by atoms with Crippen molar-refractivity contribution in [2.24, 2.45) is 0 Å². The number of fused-ring (bicyclic) bond motifs is 1. The summed E-state index contributed by atoms with van der Waals surface area (Å²) in [7, 11) is 0. The van der Waals surface area contributed by atoms with Crippen molar-refractivity contribution in [3.05, 3.63) is 93.7 Å². The minimum atomic E-state index is 0.449. The van der Waals surface area contributed by atoms with Crippen molar-refractivity contribution in [1.82, 2.24) is 9.97 Å². The summed E-state index contributed by atoms with van der Waals surface area (Å²) in [6, 6.07) is 17.5. The van der Waals surface area contributed by atoms with Gasteiger partial charge >= 0.3 is 0 Å². The Morgan fingerprint density at radius 2 is 1.77 bits per heavy atom. The van der Waals surface area contributed by atoms with E-state index in [2.05, 4.69) is 16.0 Å². The first-order valence-corrected chi connectivity index (χ1v) is 9.01. The number of aromatic amines is 1. The van der Waals surface area contributed by atoms with E-state index in [-0.39, 0.29) is 0 Å². The summed E-state index contributed by atoms with van der Waals surface area (Å²) in [5.41, 5.74) is 4.26. The lowest BCUT2D eigenvalue weighted by Gasteiger charge is -2.10. The van der Waals surface area contributed by atoms with E-state index in [0.29, 0.717) is 22.4 Å². The lowest BCUT2D eigenvalue weighted by atomic mass is 10.1. The zero-order valence-corrected chi connectivity index (χ0v) is 15.4. The number of hydrogen-bond donors (Lipinski definition) is 1. The molecule has 4 rings (SSSR count). The van der Waals surface area contributed by atoms with Crippen LogP contribution >= 0.6 is 23.2 Å². The van der Waals surface area contributed by atoms with Crippen LogP contribution in [0.25, 0.3) is 11.0 Å². The fourth-order valence-electron chi connectivity index (χ4n) is 2.89. The van der Waals surface area contributed by atoms with Gasteiger partial charge in [-0.05, 0) is 59.5 Å². The van der Waals surface area contributed by atoms with Crippen molar-refractivity contribution >= 4 is 34.2 Å². The minimum Gasteiger partial charge on any atom is -0.487 e. The first-order chi connectivity index (χ1) is 12.7. The van der Waals surface area contributed by atoms with Crippen LogP contribution in [0.15, 0.2) is 67.0 Å². The Balaban J connectivity index is 1.48. The number of halogens is 2. The molecule has 0 fully saturated rings.